The Morgan fingerprint density at radius 1 is 1.30 bits per heavy atom. The van der Waals surface area contributed by atoms with E-state index in [0.717, 1.165) is 50.9 Å². The lowest BCUT2D eigenvalue weighted by Crippen LogP contribution is -2.40. The summed E-state index contributed by atoms with van der Waals surface area (Å²) >= 11 is 0. The van der Waals surface area contributed by atoms with Crippen molar-refractivity contribution in [2.45, 2.75) is 70.4 Å². The minimum absolute atomic E-state index is 0.286. The van der Waals surface area contributed by atoms with Gasteiger partial charge in [-0.3, -0.25) is 4.79 Å². The average Bonchev–Trinajstić information content (AvgIpc) is 2.96. The summed E-state index contributed by atoms with van der Waals surface area (Å²) in [5.41, 5.74) is 4.32. The summed E-state index contributed by atoms with van der Waals surface area (Å²) in [6.45, 7) is 3.04. The van der Waals surface area contributed by atoms with E-state index in [1.165, 1.54) is 23.1 Å². The summed E-state index contributed by atoms with van der Waals surface area (Å²) in [5.74, 6) is 0.398. The minimum Gasteiger partial charge on any atom is -0.493 e. The molecule has 4 heteroatoms. The number of fused-ring (bicyclic) bond motifs is 2. The molecular formula is C19H27NO3. The van der Waals surface area contributed by atoms with Crippen LogP contribution in [0, 0.1) is 0 Å². The van der Waals surface area contributed by atoms with Gasteiger partial charge in [0, 0.05) is 24.9 Å². The first-order chi connectivity index (χ1) is 11.1. The number of hydrogen-bond acceptors (Lipinski definition) is 3. The molecule has 0 saturated carbocycles. The Morgan fingerprint density at radius 2 is 2.17 bits per heavy atom. The van der Waals surface area contributed by atoms with E-state index >= 15 is 0 Å². The van der Waals surface area contributed by atoms with Gasteiger partial charge in [-0.15, -0.1) is 0 Å². The minimum atomic E-state index is -0.691. The molecule has 0 spiro atoms. The van der Waals surface area contributed by atoms with Gasteiger partial charge in [-0.1, -0.05) is 12.5 Å². The van der Waals surface area contributed by atoms with Crippen LogP contribution < -0.4 is 10.1 Å². The maximum Gasteiger partial charge on any atom is 0.303 e. The van der Waals surface area contributed by atoms with E-state index in [-0.39, 0.29) is 6.42 Å². The third-order valence-electron chi connectivity index (χ3n) is 5.04. The molecule has 23 heavy (non-hydrogen) atoms. The number of unbranched alkanes of at least 4 members (excludes halogenated alkanes) is 1. The molecule has 2 aliphatic rings. The Kier molecular flexibility index (Phi) is 5.21. The van der Waals surface area contributed by atoms with Gasteiger partial charge in [0.1, 0.15) is 5.75 Å². The second-order valence-corrected chi connectivity index (χ2v) is 6.97. The number of nitrogens with one attached hydrogen (secondary N) is 1. The quantitative estimate of drug-likeness (QED) is 0.759. The predicted molar refractivity (Wildman–Crippen MR) is 90.2 cm³/mol. The summed E-state index contributed by atoms with van der Waals surface area (Å²) in [6, 6.07) is 5.57. The normalized spacial score (nSPS) is 20.5. The number of carbonyl (C=O) groups is 1. The zero-order valence-corrected chi connectivity index (χ0v) is 13.9. The van der Waals surface area contributed by atoms with Crippen LogP contribution in [0.3, 0.4) is 0 Å². The molecule has 3 rings (SSSR count). The molecule has 1 aromatic carbocycles. The first-order valence-electron chi connectivity index (χ1n) is 8.87. The van der Waals surface area contributed by atoms with E-state index in [1.54, 1.807) is 0 Å². The number of aliphatic carboxylic acids is 1. The molecule has 2 unspecified atom stereocenters. The molecule has 2 atom stereocenters. The molecule has 0 fully saturated rings. The Bertz CT molecular complexity index is 570. The Labute approximate surface area is 138 Å². The van der Waals surface area contributed by atoms with Crippen molar-refractivity contribution >= 4 is 5.97 Å². The second kappa shape index (κ2) is 7.35. The van der Waals surface area contributed by atoms with Crippen LogP contribution in [0.1, 0.15) is 55.7 Å². The van der Waals surface area contributed by atoms with Gasteiger partial charge in [0.05, 0.1) is 6.61 Å². The van der Waals surface area contributed by atoms with Crippen molar-refractivity contribution < 1.29 is 14.6 Å². The smallest absolute Gasteiger partial charge is 0.303 e. The van der Waals surface area contributed by atoms with Crippen molar-refractivity contribution in [3.05, 3.63) is 28.8 Å². The molecule has 4 nitrogen and oxygen atoms in total. The van der Waals surface area contributed by atoms with Crippen molar-refractivity contribution in [1.29, 1.82) is 0 Å². The Morgan fingerprint density at radius 3 is 3.00 bits per heavy atom. The van der Waals surface area contributed by atoms with Crippen LogP contribution in [0.25, 0.3) is 0 Å². The lowest BCUT2D eigenvalue weighted by atomic mass is 9.86. The number of benzene rings is 1. The van der Waals surface area contributed by atoms with Crippen LogP contribution >= 0.6 is 0 Å². The Balaban J connectivity index is 1.48. The van der Waals surface area contributed by atoms with Crippen molar-refractivity contribution in [2.75, 3.05) is 6.61 Å². The van der Waals surface area contributed by atoms with Crippen molar-refractivity contribution in [1.82, 2.24) is 5.32 Å². The summed E-state index contributed by atoms with van der Waals surface area (Å²) in [4.78, 5) is 10.5. The summed E-state index contributed by atoms with van der Waals surface area (Å²) in [5, 5.41) is 12.4. The third-order valence-corrected chi connectivity index (χ3v) is 5.04. The fraction of sp³-hybridized carbons (Fsp3) is 0.632. The van der Waals surface area contributed by atoms with Crippen molar-refractivity contribution in [3.63, 3.8) is 0 Å². The highest BCUT2D eigenvalue weighted by Gasteiger charge is 2.23. The van der Waals surface area contributed by atoms with Crippen molar-refractivity contribution in [2.24, 2.45) is 0 Å². The number of aryl methyl sites for hydroxylation is 1. The summed E-state index contributed by atoms with van der Waals surface area (Å²) in [6.07, 6.45) is 7.54. The lowest BCUT2D eigenvalue weighted by Gasteiger charge is -2.29. The van der Waals surface area contributed by atoms with E-state index in [4.69, 9.17) is 9.84 Å². The molecule has 0 saturated heterocycles. The molecule has 1 aromatic rings. The predicted octanol–water partition coefficient (Wildman–Crippen LogP) is 3.10. The first-order valence-corrected chi connectivity index (χ1v) is 8.87. The Hall–Kier alpha value is -1.55. The van der Waals surface area contributed by atoms with Crippen LogP contribution in [-0.2, 0) is 24.1 Å². The molecular weight excluding hydrogens is 290 g/mol. The van der Waals surface area contributed by atoms with Gasteiger partial charge in [-0.2, -0.15) is 0 Å². The highest BCUT2D eigenvalue weighted by Crippen LogP contribution is 2.32. The molecule has 2 N–H and O–H groups in total. The van der Waals surface area contributed by atoms with Gasteiger partial charge in [0.15, 0.2) is 0 Å². The molecule has 1 aliphatic heterocycles. The van der Waals surface area contributed by atoms with Gasteiger partial charge in [-0.05, 0) is 61.8 Å². The van der Waals surface area contributed by atoms with E-state index in [0.29, 0.717) is 12.1 Å². The monoisotopic (exact) mass is 317 g/mol. The molecule has 0 bridgehead atoms. The first kappa shape index (κ1) is 16.3. The van der Waals surface area contributed by atoms with E-state index in [1.807, 2.05) is 0 Å². The zero-order chi connectivity index (χ0) is 16.2. The largest absolute Gasteiger partial charge is 0.493 e. The van der Waals surface area contributed by atoms with Crippen LogP contribution in [0.5, 0.6) is 5.75 Å². The van der Waals surface area contributed by atoms with Crippen LogP contribution in [0.15, 0.2) is 12.1 Å². The molecule has 1 aliphatic carbocycles. The number of hydrogen-bond donors (Lipinski definition) is 2. The number of carboxylic acids is 1. The highest BCUT2D eigenvalue weighted by molar-refractivity contribution is 5.66. The van der Waals surface area contributed by atoms with Gasteiger partial charge in [0.25, 0.3) is 0 Å². The van der Waals surface area contributed by atoms with E-state index in [2.05, 4.69) is 24.4 Å². The fourth-order valence-electron chi connectivity index (χ4n) is 3.79. The maximum absolute atomic E-state index is 10.5. The highest BCUT2D eigenvalue weighted by atomic mass is 16.5. The van der Waals surface area contributed by atoms with E-state index in [9.17, 15) is 4.79 Å². The molecule has 0 radical (unpaired) electrons. The van der Waals surface area contributed by atoms with Gasteiger partial charge in [0.2, 0.25) is 0 Å². The lowest BCUT2D eigenvalue weighted by molar-refractivity contribution is -0.137. The molecule has 0 aromatic heterocycles. The summed E-state index contributed by atoms with van der Waals surface area (Å²) < 4.78 is 5.70. The molecule has 0 amide bonds. The zero-order valence-electron chi connectivity index (χ0n) is 13.9. The number of carboxylic acid groups (broad SMARTS) is 1. The van der Waals surface area contributed by atoms with Gasteiger partial charge < -0.3 is 15.2 Å². The standard InChI is InChI=1S/C19H27NO3/c1-13(4-2-3-5-19(21)22)20-17-7-6-14-10-15-8-9-23-18(15)12-16(14)11-17/h10,12-13,17,20H,2-9,11H2,1H3,(H,21,22). The molecule has 1 heterocycles. The van der Waals surface area contributed by atoms with Crippen LogP contribution in [0.2, 0.25) is 0 Å². The summed E-state index contributed by atoms with van der Waals surface area (Å²) in [7, 11) is 0. The second-order valence-electron chi connectivity index (χ2n) is 6.97. The maximum atomic E-state index is 10.5. The topological polar surface area (TPSA) is 58.6 Å². The number of ether oxygens (including phenoxy) is 1. The number of rotatable bonds is 7. The molecule has 126 valence electrons. The van der Waals surface area contributed by atoms with Gasteiger partial charge >= 0.3 is 5.97 Å². The SMILES string of the molecule is CC(CCCCC(=O)O)NC1CCc2cc3c(cc2C1)OCC3. The fourth-order valence-corrected chi connectivity index (χ4v) is 3.79. The average molecular weight is 317 g/mol. The third kappa shape index (κ3) is 4.25. The van der Waals surface area contributed by atoms with Crippen LogP contribution in [0.4, 0.5) is 0 Å². The van der Waals surface area contributed by atoms with E-state index < -0.39 is 5.97 Å². The van der Waals surface area contributed by atoms with Gasteiger partial charge in [-0.25, -0.2) is 0 Å². The van der Waals surface area contributed by atoms with Crippen molar-refractivity contribution in [3.8, 4) is 5.75 Å². The van der Waals surface area contributed by atoms with Crippen LogP contribution in [-0.4, -0.2) is 29.8 Å².